The molecule has 8 heteroatoms. The van der Waals surface area contributed by atoms with Crippen LogP contribution in [-0.4, -0.2) is 49.8 Å². The third-order valence-electron chi connectivity index (χ3n) is 7.33. The van der Waals surface area contributed by atoms with E-state index < -0.39 is 18.3 Å². The zero-order valence-electron chi connectivity index (χ0n) is 24.1. The molecule has 0 aromatic heterocycles. The molecule has 0 fully saturated rings. The van der Waals surface area contributed by atoms with E-state index in [1.165, 1.54) is 4.90 Å². The first-order valence-corrected chi connectivity index (χ1v) is 14.0. The summed E-state index contributed by atoms with van der Waals surface area (Å²) < 4.78 is 31.2. The summed E-state index contributed by atoms with van der Waals surface area (Å²) in [5.41, 5.74) is 3.03. The lowest BCUT2D eigenvalue weighted by atomic mass is 9.92. The second-order valence-corrected chi connectivity index (χ2v) is 10.6. The van der Waals surface area contributed by atoms with E-state index in [1.54, 1.807) is 60.7 Å². The first-order valence-electron chi connectivity index (χ1n) is 14.0. The van der Waals surface area contributed by atoms with Crippen LogP contribution in [0.2, 0.25) is 0 Å². The monoisotopic (exact) mass is 601 g/mol. The highest BCUT2D eigenvalue weighted by Gasteiger charge is 2.41. The first-order chi connectivity index (χ1) is 20.3. The maximum absolute atomic E-state index is 15.6. The van der Waals surface area contributed by atoms with Crippen molar-refractivity contribution in [2.24, 2.45) is 0 Å². The molecule has 5 nitrogen and oxygen atoms in total. The first kappa shape index (κ1) is 31.6. The Hall–Kier alpha value is -4.33. The standard InChI is InChI=1S/C35H33F2N3O2.ClH/c1-39(2)23-12-20-30-27-17-9-10-21-31(27)40(24-22-35(30,36)37)34(42)29-19-11-18-28(32(29)25-13-5-3-6-14-25)33(41)38-26-15-7-4-8-16-26;/h3-11,13-21H,12,22-24H2,1-2H3,(H,38,41);1H. The molecule has 1 N–H and O–H groups in total. The van der Waals surface area contributed by atoms with Gasteiger partial charge in [-0.25, -0.2) is 8.78 Å². The minimum Gasteiger partial charge on any atom is -0.322 e. The number of amides is 2. The Balaban J connectivity index is 0.00000423. The highest BCUT2D eigenvalue weighted by molar-refractivity contribution is 6.17. The van der Waals surface area contributed by atoms with Gasteiger partial charge in [-0.3, -0.25) is 9.59 Å². The second kappa shape index (κ2) is 13.8. The van der Waals surface area contributed by atoms with Crippen LogP contribution in [0.3, 0.4) is 0 Å². The molecule has 43 heavy (non-hydrogen) atoms. The highest BCUT2D eigenvalue weighted by Crippen LogP contribution is 2.44. The number of carbonyl (C=O) groups excluding carboxylic acids is 2. The number of rotatable bonds is 7. The Labute approximate surface area is 257 Å². The van der Waals surface area contributed by atoms with Gasteiger partial charge in [0.05, 0.1) is 5.69 Å². The Kier molecular flexibility index (Phi) is 10.1. The molecule has 5 rings (SSSR count). The average molecular weight is 602 g/mol. The van der Waals surface area contributed by atoms with E-state index in [1.807, 2.05) is 67.5 Å². The van der Waals surface area contributed by atoms with Gasteiger partial charge in [0, 0.05) is 53.0 Å². The molecule has 0 radical (unpaired) electrons. The largest absolute Gasteiger partial charge is 0.322 e. The summed E-state index contributed by atoms with van der Waals surface area (Å²) in [6.07, 6.45) is 1.53. The predicted octanol–water partition coefficient (Wildman–Crippen LogP) is 8.05. The maximum Gasteiger partial charge on any atom is 0.275 e. The summed E-state index contributed by atoms with van der Waals surface area (Å²) in [7, 11) is 3.80. The number of halogens is 3. The van der Waals surface area contributed by atoms with Crippen molar-refractivity contribution < 1.29 is 18.4 Å². The molecule has 1 aliphatic rings. The number of allylic oxidation sites excluding steroid dienone is 1. The van der Waals surface area contributed by atoms with Crippen molar-refractivity contribution in [2.45, 2.75) is 18.8 Å². The van der Waals surface area contributed by atoms with Gasteiger partial charge in [0.2, 0.25) is 0 Å². The molecule has 0 spiro atoms. The summed E-state index contributed by atoms with van der Waals surface area (Å²) in [6.45, 7) is 0.450. The van der Waals surface area contributed by atoms with E-state index in [-0.39, 0.29) is 36.0 Å². The number of hydrogen-bond acceptors (Lipinski definition) is 3. The van der Waals surface area contributed by atoms with Crippen LogP contribution in [-0.2, 0) is 0 Å². The van der Waals surface area contributed by atoms with Crippen molar-refractivity contribution in [3.63, 3.8) is 0 Å². The molecular formula is C35H34ClF2N3O2. The Bertz CT molecular complexity index is 1610. The molecule has 222 valence electrons. The molecule has 4 aromatic carbocycles. The zero-order chi connectivity index (χ0) is 29.7. The maximum atomic E-state index is 15.6. The molecule has 4 aromatic rings. The highest BCUT2D eigenvalue weighted by atomic mass is 35.5. The molecule has 0 aliphatic carbocycles. The van der Waals surface area contributed by atoms with Gasteiger partial charge >= 0.3 is 0 Å². The fourth-order valence-corrected chi connectivity index (χ4v) is 5.28. The summed E-state index contributed by atoms with van der Waals surface area (Å²) in [6, 6.07) is 30.1. The smallest absolute Gasteiger partial charge is 0.275 e. The van der Waals surface area contributed by atoms with E-state index in [9.17, 15) is 9.59 Å². The number of alkyl halides is 2. The minimum atomic E-state index is -3.11. The molecule has 0 atom stereocenters. The molecule has 2 amide bonds. The number of hydrogen-bond donors (Lipinski definition) is 1. The summed E-state index contributed by atoms with van der Waals surface area (Å²) >= 11 is 0. The third kappa shape index (κ3) is 7.01. The van der Waals surface area contributed by atoms with Crippen LogP contribution >= 0.6 is 12.4 Å². The lowest BCUT2D eigenvalue weighted by molar-refractivity contribution is 0.0599. The number of carbonyl (C=O) groups is 2. The molecule has 0 bridgehead atoms. The lowest BCUT2D eigenvalue weighted by Gasteiger charge is -2.25. The Morgan fingerprint density at radius 2 is 1.49 bits per heavy atom. The number of anilines is 2. The zero-order valence-corrected chi connectivity index (χ0v) is 24.9. The normalized spacial score (nSPS) is 14.9. The number of benzene rings is 4. The van der Waals surface area contributed by atoms with Gasteiger partial charge < -0.3 is 15.1 Å². The Morgan fingerprint density at radius 3 is 2.19 bits per heavy atom. The third-order valence-corrected chi connectivity index (χ3v) is 7.33. The predicted molar refractivity (Wildman–Crippen MR) is 172 cm³/mol. The van der Waals surface area contributed by atoms with Crippen LogP contribution in [0.1, 0.15) is 39.1 Å². The van der Waals surface area contributed by atoms with Crippen LogP contribution in [0.25, 0.3) is 16.7 Å². The van der Waals surface area contributed by atoms with Crippen molar-refractivity contribution >= 4 is 41.2 Å². The van der Waals surface area contributed by atoms with Crippen LogP contribution in [0.15, 0.2) is 109 Å². The van der Waals surface area contributed by atoms with Gasteiger partial charge in [-0.05, 0) is 56.4 Å². The molecule has 0 saturated heterocycles. The van der Waals surface area contributed by atoms with Gasteiger partial charge in [0.25, 0.3) is 17.7 Å². The number of nitrogens with zero attached hydrogens (tertiary/aromatic N) is 2. The van der Waals surface area contributed by atoms with E-state index >= 15 is 8.78 Å². The summed E-state index contributed by atoms with van der Waals surface area (Å²) in [5.74, 6) is -3.93. The molecule has 1 heterocycles. The van der Waals surface area contributed by atoms with E-state index in [2.05, 4.69) is 5.32 Å². The van der Waals surface area contributed by atoms with Crippen molar-refractivity contribution in [1.29, 1.82) is 0 Å². The van der Waals surface area contributed by atoms with Crippen LogP contribution in [0.4, 0.5) is 20.2 Å². The second-order valence-electron chi connectivity index (χ2n) is 10.6. The topological polar surface area (TPSA) is 52.7 Å². The number of para-hydroxylation sites is 2. The van der Waals surface area contributed by atoms with Crippen LogP contribution < -0.4 is 10.2 Å². The van der Waals surface area contributed by atoms with E-state index in [0.29, 0.717) is 46.6 Å². The van der Waals surface area contributed by atoms with Crippen molar-refractivity contribution in [3.8, 4) is 11.1 Å². The fraction of sp³-hybridized carbons (Fsp3) is 0.200. The molecule has 1 aliphatic heterocycles. The Morgan fingerprint density at radius 1 is 0.860 bits per heavy atom. The number of fused-ring (bicyclic) bond motifs is 1. The van der Waals surface area contributed by atoms with Crippen LogP contribution in [0.5, 0.6) is 0 Å². The van der Waals surface area contributed by atoms with Crippen molar-refractivity contribution in [2.75, 3.05) is 37.4 Å². The lowest BCUT2D eigenvalue weighted by Crippen LogP contribution is -2.34. The quantitative estimate of drug-likeness (QED) is 0.233. The van der Waals surface area contributed by atoms with Crippen molar-refractivity contribution in [3.05, 3.63) is 126 Å². The molecule has 0 saturated carbocycles. The van der Waals surface area contributed by atoms with E-state index in [4.69, 9.17) is 0 Å². The molecular weight excluding hydrogens is 568 g/mol. The van der Waals surface area contributed by atoms with E-state index in [0.717, 1.165) is 0 Å². The van der Waals surface area contributed by atoms with Crippen LogP contribution in [0, 0.1) is 0 Å². The average Bonchev–Trinajstić information content (AvgIpc) is 3.10. The fourth-order valence-electron chi connectivity index (χ4n) is 5.28. The van der Waals surface area contributed by atoms with Gasteiger partial charge in [0.1, 0.15) is 0 Å². The minimum absolute atomic E-state index is 0. The molecule has 0 unspecified atom stereocenters. The summed E-state index contributed by atoms with van der Waals surface area (Å²) in [4.78, 5) is 31.3. The van der Waals surface area contributed by atoms with Gasteiger partial charge in [0.15, 0.2) is 0 Å². The number of nitrogens with one attached hydrogen (secondary N) is 1. The summed E-state index contributed by atoms with van der Waals surface area (Å²) in [5, 5.41) is 2.91. The van der Waals surface area contributed by atoms with Gasteiger partial charge in [-0.15, -0.1) is 12.4 Å². The SMILES string of the molecule is CN(C)CCC=C1c2ccccc2N(C(=O)c2cccc(C(=O)Nc3ccccc3)c2-c2ccccc2)CCC1(F)F.Cl. The van der Waals surface area contributed by atoms with Gasteiger partial charge in [-0.2, -0.15) is 0 Å². The van der Waals surface area contributed by atoms with Gasteiger partial charge in [-0.1, -0.05) is 78.9 Å². The van der Waals surface area contributed by atoms with Crippen molar-refractivity contribution in [1.82, 2.24) is 4.90 Å².